The van der Waals surface area contributed by atoms with Gasteiger partial charge in [-0.3, -0.25) is 0 Å². The summed E-state index contributed by atoms with van der Waals surface area (Å²) < 4.78 is 0. The Morgan fingerprint density at radius 3 is 2.77 bits per heavy atom. The van der Waals surface area contributed by atoms with Crippen LogP contribution in [0.4, 0.5) is 0 Å². The molecule has 0 aromatic carbocycles. The van der Waals surface area contributed by atoms with Gasteiger partial charge < -0.3 is 10.0 Å². The van der Waals surface area contributed by atoms with E-state index >= 15 is 0 Å². The van der Waals surface area contributed by atoms with Gasteiger partial charge in [-0.05, 0) is 51.1 Å². The molecule has 2 heteroatoms. The van der Waals surface area contributed by atoms with Crippen molar-refractivity contribution in [2.45, 2.75) is 44.6 Å². The highest BCUT2D eigenvalue weighted by Gasteiger charge is 2.32. The van der Waals surface area contributed by atoms with Crippen molar-refractivity contribution in [3.8, 4) is 0 Å². The van der Waals surface area contributed by atoms with Crippen LogP contribution < -0.4 is 0 Å². The second-order valence-electron chi connectivity index (χ2n) is 4.51. The molecular weight excluding hydrogens is 162 g/mol. The Morgan fingerprint density at radius 1 is 1.08 bits per heavy atom. The summed E-state index contributed by atoms with van der Waals surface area (Å²) in [5.74, 6) is 0.787. The molecule has 0 bridgehead atoms. The zero-order valence-corrected chi connectivity index (χ0v) is 8.41. The van der Waals surface area contributed by atoms with Crippen LogP contribution in [0.2, 0.25) is 0 Å². The normalized spacial score (nSPS) is 35.8. The van der Waals surface area contributed by atoms with Crippen molar-refractivity contribution in [1.29, 1.82) is 0 Å². The average Bonchev–Trinajstić information content (AvgIpc) is 2.52. The van der Waals surface area contributed by atoms with E-state index in [2.05, 4.69) is 4.90 Å². The Morgan fingerprint density at radius 2 is 1.92 bits per heavy atom. The van der Waals surface area contributed by atoms with Crippen LogP contribution in [0.15, 0.2) is 0 Å². The van der Waals surface area contributed by atoms with E-state index in [1.807, 2.05) is 0 Å². The van der Waals surface area contributed by atoms with Crippen molar-refractivity contribution in [2.24, 2.45) is 5.92 Å². The summed E-state index contributed by atoms with van der Waals surface area (Å²) in [4.78, 5) is 2.66. The average molecular weight is 183 g/mol. The minimum Gasteiger partial charge on any atom is -0.396 e. The molecule has 0 aliphatic carbocycles. The van der Waals surface area contributed by atoms with Crippen molar-refractivity contribution in [3.63, 3.8) is 0 Å². The molecule has 2 atom stereocenters. The Kier molecular flexibility index (Phi) is 3.23. The summed E-state index contributed by atoms with van der Waals surface area (Å²) >= 11 is 0. The van der Waals surface area contributed by atoms with E-state index in [9.17, 15) is 0 Å². The summed E-state index contributed by atoms with van der Waals surface area (Å²) in [5.41, 5.74) is 0. The van der Waals surface area contributed by atoms with E-state index < -0.39 is 0 Å². The molecule has 2 rings (SSSR count). The first-order chi connectivity index (χ1) is 6.42. The Balaban J connectivity index is 1.98. The fourth-order valence-electron chi connectivity index (χ4n) is 3.08. The van der Waals surface area contributed by atoms with Crippen LogP contribution in [0, 0.1) is 5.92 Å². The third-order valence-corrected chi connectivity index (χ3v) is 3.73. The number of rotatable bonds is 2. The molecule has 0 aromatic rings. The highest BCUT2D eigenvalue weighted by molar-refractivity contribution is 4.87. The topological polar surface area (TPSA) is 23.5 Å². The number of hydrogen-bond acceptors (Lipinski definition) is 2. The number of aliphatic hydroxyl groups excluding tert-OH is 1. The Hall–Kier alpha value is -0.0800. The molecule has 0 saturated carbocycles. The summed E-state index contributed by atoms with van der Waals surface area (Å²) in [6, 6.07) is 0.814. The van der Waals surface area contributed by atoms with Gasteiger partial charge in [0.15, 0.2) is 0 Å². The third kappa shape index (κ3) is 2.05. The molecule has 76 valence electrons. The van der Waals surface area contributed by atoms with Gasteiger partial charge in [0.25, 0.3) is 0 Å². The molecule has 2 aliphatic rings. The van der Waals surface area contributed by atoms with Gasteiger partial charge in [0.05, 0.1) is 0 Å². The molecule has 2 unspecified atom stereocenters. The zero-order chi connectivity index (χ0) is 9.10. The lowest BCUT2D eigenvalue weighted by Crippen LogP contribution is -2.34. The molecule has 2 fully saturated rings. The van der Waals surface area contributed by atoms with Gasteiger partial charge in [-0.1, -0.05) is 6.42 Å². The van der Waals surface area contributed by atoms with Crippen LogP contribution in [0.5, 0.6) is 0 Å². The second-order valence-corrected chi connectivity index (χ2v) is 4.51. The molecule has 0 aromatic heterocycles. The zero-order valence-electron chi connectivity index (χ0n) is 8.41. The van der Waals surface area contributed by atoms with E-state index in [-0.39, 0.29) is 0 Å². The predicted octanol–water partition coefficient (Wildman–Crippen LogP) is 1.63. The maximum Gasteiger partial charge on any atom is 0.0434 e. The first kappa shape index (κ1) is 9.47. The summed E-state index contributed by atoms with van der Waals surface area (Å²) in [5, 5.41) is 9.01. The summed E-state index contributed by atoms with van der Waals surface area (Å²) in [6.07, 6.45) is 7.89. The van der Waals surface area contributed by atoms with Crippen LogP contribution in [-0.2, 0) is 0 Å². The maximum absolute atomic E-state index is 9.01. The van der Waals surface area contributed by atoms with Gasteiger partial charge in [0, 0.05) is 12.6 Å². The van der Waals surface area contributed by atoms with E-state index in [0.717, 1.165) is 18.4 Å². The Labute approximate surface area is 80.9 Å². The van der Waals surface area contributed by atoms with Crippen molar-refractivity contribution in [1.82, 2.24) is 4.90 Å². The van der Waals surface area contributed by atoms with Crippen molar-refractivity contribution in [3.05, 3.63) is 0 Å². The van der Waals surface area contributed by atoms with E-state index in [4.69, 9.17) is 5.11 Å². The lowest BCUT2D eigenvalue weighted by Gasteiger charge is -2.28. The van der Waals surface area contributed by atoms with Gasteiger partial charge >= 0.3 is 0 Å². The first-order valence-corrected chi connectivity index (χ1v) is 5.76. The number of nitrogens with zero attached hydrogens (tertiary/aromatic N) is 1. The predicted molar refractivity (Wildman–Crippen MR) is 53.6 cm³/mol. The fourth-order valence-corrected chi connectivity index (χ4v) is 3.08. The molecule has 2 nitrogen and oxygen atoms in total. The van der Waals surface area contributed by atoms with Crippen LogP contribution in [0.1, 0.15) is 38.5 Å². The van der Waals surface area contributed by atoms with E-state index in [0.29, 0.717) is 6.61 Å². The standard InChI is InChI=1S/C11H21NO/c13-9-6-10-4-1-2-7-12-8-3-5-11(10)12/h10-11,13H,1-9H2. The molecule has 2 heterocycles. The quantitative estimate of drug-likeness (QED) is 0.703. The highest BCUT2D eigenvalue weighted by Crippen LogP contribution is 2.32. The minimum atomic E-state index is 0.384. The maximum atomic E-state index is 9.01. The summed E-state index contributed by atoms with van der Waals surface area (Å²) in [6.45, 7) is 3.01. The van der Waals surface area contributed by atoms with Gasteiger partial charge in [-0.2, -0.15) is 0 Å². The summed E-state index contributed by atoms with van der Waals surface area (Å²) in [7, 11) is 0. The molecule has 2 aliphatic heterocycles. The third-order valence-electron chi connectivity index (χ3n) is 3.73. The van der Waals surface area contributed by atoms with Crippen molar-refractivity contribution < 1.29 is 5.11 Å². The number of fused-ring (bicyclic) bond motifs is 1. The largest absolute Gasteiger partial charge is 0.396 e. The molecule has 2 saturated heterocycles. The van der Waals surface area contributed by atoms with Crippen molar-refractivity contribution >= 4 is 0 Å². The molecule has 0 radical (unpaired) electrons. The number of aliphatic hydroxyl groups is 1. The molecule has 0 spiro atoms. The van der Waals surface area contributed by atoms with E-state index in [1.54, 1.807) is 0 Å². The molecular formula is C11H21NO. The highest BCUT2D eigenvalue weighted by atomic mass is 16.3. The first-order valence-electron chi connectivity index (χ1n) is 5.76. The second kappa shape index (κ2) is 4.43. The van der Waals surface area contributed by atoms with Crippen LogP contribution in [0.3, 0.4) is 0 Å². The smallest absolute Gasteiger partial charge is 0.0434 e. The van der Waals surface area contributed by atoms with Crippen LogP contribution >= 0.6 is 0 Å². The van der Waals surface area contributed by atoms with Gasteiger partial charge in [0.1, 0.15) is 0 Å². The van der Waals surface area contributed by atoms with Crippen LogP contribution in [-0.4, -0.2) is 35.7 Å². The Bertz CT molecular complexity index is 160. The number of hydrogen-bond donors (Lipinski definition) is 1. The lowest BCUT2D eigenvalue weighted by atomic mass is 9.91. The minimum absolute atomic E-state index is 0.384. The van der Waals surface area contributed by atoms with Gasteiger partial charge in [0.2, 0.25) is 0 Å². The van der Waals surface area contributed by atoms with Gasteiger partial charge in [-0.25, -0.2) is 0 Å². The SMILES string of the molecule is OCCC1CCCCN2CCCC12. The monoisotopic (exact) mass is 183 g/mol. The molecule has 0 amide bonds. The van der Waals surface area contributed by atoms with Crippen molar-refractivity contribution in [2.75, 3.05) is 19.7 Å². The van der Waals surface area contributed by atoms with Crippen LogP contribution in [0.25, 0.3) is 0 Å². The molecule has 13 heavy (non-hydrogen) atoms. The molecule has 1 N–H and O–H groups in total. The fraction of sp³-hybridized carbons (Fsp3) is 1.00. The lowest BCUT2D eigenvalue weighted by molar-refractivity contribution is 0.170. The van der Waals surface area contributed by atoms with Gasteiger partial charge in [-0.15, -0.1) is 0 Å². The van der Waals surface area contributed by atoms with E-state index in [1.165, 1.54) is 45.2 Å².